The molecule has 5 heteroatoms. The highest BCUT2D eigenvalue weighted by atomic mass is 32.1. The molecule has 0 aliphatic rings. The predicted octanol–water partition coefficient (Wildman–Crippen LogP) is 0.887. The number of aliphatic hydroxyl groups excluding tert-OH is 1. The summed E-state index contributed by atoms with van der Waals surface area (Å²) in [5.74, 6) is -0.0122. The summed E-state index contributed by atoms with van der Waals surface area (Å²) < 4.78 is 0. The van der Waals surface area contributed by atoms with Crippen LogP contribution in [0.4, 0.5) is 0 Å². The van der Waals surface area contributed by atoms with Crippen LogP contribution in [-0.4, -0.2) is 48.7 Å². The lowest BCUT2D eigenvalue weighted by Gasteiger charge is -2.18. The lowest BCUT2D eigenvalue weighted by Crippen LogP contribution is -2.39. The standard InChI is InChI=1S/C13H20N2O2S/c1-2-7-15(8-9-16)11-13(17)14-6-5-12-4-3-10-18-12/h2-4,10,16H,1,5-9,11H2,(H,14,17). The van der Waals surface area contributed by atoms with Gasteiger partial charge in [-0.3, -0.25) is 9.69 Å². The van der Waals surface area contributed by atoms with Crippen molar-refractivity contribution in [1.29, 1.82) is 0 Å². The van der Waals surface area contributed by atoms with Gasteiger partial charge >= 0.3 is 0 Å². The second-order valence-electron chi connectivity index (χ2n) is 3.93. The Balaban J connectivity index is 2.20. The Hall–Kier alpha value is -1.17. The summed E-state index contributed by atoms with van der Waals surface area (Å²) in [6, 6.07) is 4.07. The van der Waals surface area contributed by atoms with Crippen molar-refractivity contribution in [3.63, 3.8) is 0 Å². The minimum Gasteiger partial charge on any atom is -0.395 e. The van der Waals surface area contributed by atoms with Crippen molar-refractivity contribution >= 4 is 17.2 Å². The van der Waals surface area contributed by atoms with Crippen molar-refractivity contribution in [2.24, 2.45) is 0 Å². The number of carbonyl (C=O) groups excluding carboxylic acids is 1. The molecule has 0 unspecified atom stereocenters. The molecule has 1 aromatic heterocycles. The van der Waals surface area contributed by atoms with E-state index in [1.54, 1.807) is 17.4 Å². The predicted molar refractivity (Wildman–Crippen MR) is 74.8 cm³/mol. The smallest absolute Gasteiger partial charge is 0.234 e. The Labute approximate surface area is 112 Å². The number of hydrogen-bond acceptors (Lipinski definition) is 4. The van der Waals surface area contributed by atoms with Crippen molar-refractivity contribution in [3.05, 3.63) is 35.0 Å². The molecule has 0 atom stereocenters. The molecule has 0 fully saturated rings. The average molecular weight is 268 g/mol. The Morgan fingerprint density at radius 3 is 3.06 bits per heavy atom. The van der Waals surface area contributed by atoms with E-state index >= 15 is 0 Å². The lowest BCUT2D eigenvalue weighted by molar-refractivity contribution is -0.122. The first-order valence-corrected chi connectivity index (χ1v) is 6.87. The maximum absolute atomic E-state index is 11.7. The van der Waals surface area contributed by atoms with Gasteiger partial charge in [0, 0.05) is 24.5 Å². The summed E-state index contributed by atoms with van der Waals surface area (Å²) in [6.07, 6.45) is 2.60. The van der Waals surface area contributed by atoms with Gasteiger partial charge in [0.2, 0.25) is 5.91 Å². The first kappa shape index (κ1) is 14.9. The van der Waals surface area contributed by atoms with Gasteiger partial charge in [-0.15, -0.1) is 17.9 Å². The summed E-state index contributed by atoms with van der Waals surface area (Å²) in [6.45, 7) is 5.74. The van der Waals surface area contributed by atoms with Crippen LogP contribution < -0.4 is 5.32 Å². The van der Waals surface area contributed by atoms with E-state index in [0.717, 1.165) is 6.42 Å². The molecule has 1 amide bonds. The summed E-state index contributed by atoms with van der Waals surface area (Å²) in [5, 5.41) is 13.8. The Morgan fingerprint density at radius 1 is 1.61 bits per heavy atom. The van der Waals surface area contributed by atoms with E-state index in [1.165, 1.54) is 4.88 Å². The van der Waals surface area contributed by atoms with Gasteiger partial charge in [-0.25, -0.2) is 0 Å². The number of nitrogens with one attached hydrogen (secondary N) is 1. The number of nitrogens with zero attached hydrogens (tertiary/aromatic N) is 1. The summed E-state index contributed by atoms with van der Waals surface area (Å²) in [5.41, 5.74) is 0. The topological polar surface area (TPSA) is 52.6 Å². The molecule has 0 spiro atoms. The maximum atomic E-state index is 11.7. The quantitative estimate of drug-likeness (QED) is 0.654. The van der Waals surface area contributed by atoms with Gasteiger partial charge in [0.25, 0.3) is 0 Å². The number of rotatable bonds is 9. The average Bonchev–Trinajstić information content (AvgIpc) is 2.82. The molecule has 0 aliphatic carbocycles. The Kier molecular flexibility index (Phi) is 7.32. The monoisotopic (exact) mass is 268 g/mol. The van der Waals surface area contributed by atoms with E-state index in [2.05, 4.69) is 18.0 Å². The molecule has 4 nitrogen and oxygen atoms in total. The molecule has 1 heterocycles. The minimum absolute atomic E-state index is 0.0122. The number of carbonyl (C=O) groups is 1. The van der Waals surface area contributed by atoms with Crippen LogP contribution in [0.3, 0.4) is 0 Å². The first-order chi connectivity index (χ1) is 8.76. The summed E-state index contributed by atoms with van der Waals surface area (Å²) in [7, 11) is 0. The van der Waals surface area contributed by atoms with Crippen LogP contribution in [0.15, 0.2) is 30.2 Å². The molecule has 0 bridgehead atoms. The zero-order valence-corrected chi connectivity index (χ0v) is 11.3. The fourth-order valence-electron chi connectivity index (χ4n) is 1.60. The second kappa shape index (κ2) is 8.85. The van der Waals surface area contributed by atoms with Crippen LogP contribution in [0.2, 0.25) is 0 Å². The first-order valence-electron chi connectivity index (χ1n) is 5.99. The molecular weight excluding hydrogens is 248 g/mol. The van der Waals surface area contributed by atoms with Crippen molar-refractivity contribution in [1.82, 2.24) is 10.2 Å². The molecule has 0 aliphatic heterocycles. The number of thiophene rings is 1. The van der Waals surface area contributed by atoms with Crippen molar-refractivity contribution < 1.29 is 9.90 Å². The SMILES string of the molecule is C=CCN(CCO)CC(=O)NCCc1cccs1. The molecule has 1 rings (SSSR count). The van der Waals surface area contributed by atoms with Crippen molar-refractivity contribution in [3.8, 4) is 0 Å². The van der Waals surface area contributed by atoms with E-state index in [0.29, 0.717) is 26.2 Å². The van der Waals surface area contributed by atoms with E-state index in [4.69, 9.17) is 5.11 Å². The third kappa shape index (κ3) is 5.95. The zero-order chi connectivity index (χ0) is 13.2. The van der Waals surface area contributed by atoms with E-state index in [1.807, 2.05) is 16.3 Å². The van der Waals surface area contributed by atoms with Crippen molar-refractivity contribution in [2.75, 3.05) is 32.8 Å². The molecule has 1 aromatic rings. The highest BCUT2D eigenvalue weighted by Gasteiger charge is 2.08. The van der Waals surface area contributed by atoms with Gasteiger partial charge < -0.3 is 10.4 Å². The third-order valence-electron chi connectivity index (χ3n) is 2.44. The maximum Gasteiger partial charge on any atom is 0.234 e. The van der Waals surface area contributed by atoms with Gasteiger partial charge in [-0.1, -0.05) is 12.1 Å². The van der Waals surface area contributed by atoms with E-state index in [9.17, 15) is 4.79 Å². The molecule has 0 radical (unpaired) electrons. The number of aliphatic hydroxyl groups is 1. The third-order valence-corrected chi connectivity index (χ3v) is 3.38. The van der Waals surface area contributed by atoms with Crippen LogP contribution in [0, 0.1) is 0 Å². The second-order valence-corrected chi connectivity index (χ2v) is 4.96. The zero-order valence-electron chi connectivity index (χ0n) is 10.5. The van der Waals surface area contributed by atoms with Crippen LogP contribution >= 0.6 is 11.3 Å². The number of hydrogen-bond donors (Lipinski definition) is 2. The molecule has 0 saturated carbocycles. The molecule has 18 heavy (non-hydrogen) atoms. The van der Waals surface area contributed by atoms with E-state index < -0.39 is 0 Å². The summed E-state index contributed by atoms with van der Waals surface area (Å²) in [4.78, 5) is 14.8. The highest BCUT2D eigenvalue weighted by Crippen LogP contribution is 2.07. The van der Waals surface area contributed by atoms with Crippen LogP contribution in [0.25, 0.3) is 0 Å². The Bertz CT molecular complexity index is 352. The van der Waals surface area contributed by atoms with Crippen molar-refractivity contribution in [2.45, 2.75) is 6.42 Å². The van der Waals surface area contributed by atoms with Crippen LogP contribution in [0.1, 0.15) is 4.88 Å². The van der Waals surface area contributed by atoms with Gasteiger partial charge in [0.15, 0.2) is 0 Å². The fraction of sp³-hybridized carbons (Fsp3) is 0.462. The van der Waals surface area contributed by atoms with Gasteiger partial charge in [0.05, 0.1) is 13.2 Å². The van der Waals surface area contributed by atoms with Gasteiger partial charge in [-0.2, -0.15) is 0 Å². The summed E-state index contributed by atoms with van der Waals surface area (Å²) >= 11 is 1.70. The molecule has 100 valence electrons. The molecular formula is C13H20N2O2S. The van der Waals surface area contributed by atoms with Crippen LogP contribution in [-0.2, 0) is 11.2 Å². The molecule has 0 aromatic carbocycles. The molecule has 2 N–H and O–H groups in total. The largest absolute Gasteiger partial charge is 0.395 e. The fourth-order valence-corrected chi connectivity index (χ4v) is 2.31. The highest BCUT2D eigenvalue weighted by molar-refractivity contribution is 7.09. The van der Waals surface area contributed by atoms with Crippen LogP contribution in [0.5, 0.6) is 0 Å². The van der Waals surface area contributed by atoms with E-state index in [-0.39, 0.29) is 12.5 Å². The van der Waals surface area contributed by atoms with Gasteiger partial charge in [0.1, 0.15) is 0 Å². The lowest BCUT2D eigenvalue weighted by atomic mass is 10.3. The Morgan fingerprint density at radius 2 is 2.44 bits per heavy atom. The minimum atomic E-state index is -0.0122. The molecule has 0 saturated heterocycles. The number of amides is 1. The van der Waals surface area contributed by atoms with Gasteiger partial charge in [-0.05, 0) is 17.9 Å². The normalized spacial score (nSPS) is 10.6.